The van der Waals surface area contributed by atoms with Gasteiger partial charge in [-0.25, -0.2) is 0 Å². The molecule has 0 aromatic carbocycles. The molecule has 8 saturated carbocycles. The third-order valence-corrected chi connectivity index (χ3v) is 21.3. The van der Waals surface area contributed by atoms with Crippen LogP contribution < -0.4 is 5.32 Å². The van der Waals surface area contributed by atoms with E-state index in [1.165, 1.54) is 113 Å². The van der Waals surface area contributed by atoms with E-state index in [4.69, 9.17) is 9.47 Å². The summed E-state index contributed by atoms with van der Waals surface area (Å²) in [5.74, 6) is 9.65. The van der Waals surface area contributed by atoms with Crippen LogP contribution in [0, 0.1) is 81.8 Å². The molecule has 65 heavy (non-hydrogen) atoms. The first-order chi connectivity index (χ1) is 31.3. The number of ether oxygens (including phenoxy) is 2. The van der Waals surface area contributed by atoms with E-state index in [0.717, 1.165) is 163 Å². The summed E-state index contributed by atoms with van der Waals surface area (Å²) in [6.07, 6.45) is 23.7. The van der Waals surface area contributed by atoms with E-state index in [1.54, 1.807) is 0 Å². The van der Waals surface area contributed by atoms with E-state index in [0.29, 0.717) is 29.4 Å². The quantitative estimate of drug-likeness (QED) is 0.213. The van der Waals surface area contributed by atoms with Crippen molar-refractivity contribution >= 4 is 47.1 Å². The number of nitrogens with one attached hydrogen (secondary N) is 1. The number of nitrogens with zero attached hydrogens (tertiary/aromatic N) is 1. The number of aliphatic hydroxyl groups is 2. The molecule has 2 heterocycles. The van der Waals surface area contributed by atoms with Crippen molar-refractivity contribution in [1.29, 1.82) is 0 Å². The van der Waals surface area contributed by atoms with Crippen LogP contribution in [0.1, 0.15) is 156 Å². The predicted octanol–water partition coefficient (Wildman–Crippen LogP) is 10.6. The van der Waals surface area contributed by atoms with Crippen LogP contribution in [0.25, 0.3) is 0 Å². The summed E-state index contributed by atoms with van der Waals surface area (Å²) in [6.45, 7) is 17.1. The molecule has 10 fully saturated rings. The van der Waals surface area contributed by atoms with Gasteiger partial charge in [0.1, 0.15) is 11.6 Å². The Kier molecular flexibility index (Phi) is 21.7. The number of Topliss-reactive ketones (excluding diaryl/α,β-unsaturated/α-hetero) is 2. The predicted molar refractivity (Wildman–Crippen MR) is 262 cm³/mol. The molecule has 10 rings (SSSR count). The van der Waals surface area contributed by atoms with Gasteiger partial charge in [0.05, 0.1) is 49.5 Å². The average molecular weight is 1350 g/mol. The van der Waals surface area contributed by atoms with E-state index in [1.807, 2.05) is 0 Å². The number of hydrogen-bond acceptors (Lipinski definition) is 10. The number of halogens is 1. The van der Waals surface area contributed by atoms with Gasteiger partial charge in [-0.15, -0.1) is 0 Å². The third kappa shape index (κ3) is 12.4. The molecule has 2 saturated heterocycles. The van der Waals surface area contributed by atoms with Gasteiger partial charge in [-0.1, -0.05) is 43.6 Å². The van der Waals surface area contributed by atoms with Gasteiger partial charge in [-0.2, -0.15) is 0 Å². The Balaban J connectivity index is 0.000000180. The molecule has 0 bridgehead atoms. The molecule has 0 spiro atoms. The summed E-state index contributed by atoms with van der Waals surface area (Å²) in [6, 6.07) is 0. The Morgan fingerprint density at radius 2 is 1.06 bits per heavy atom. The van der Waals surface area contributed by atoms with E-state index in [2.05, 4.69) is 73.5 Å². The van der Waals surface area contributed by atoms with Gasteiger partial charge < -0.3 is 25.0 Å². The van der Waals surface area contributed by atoms with Crippen molar-refractivity contribution in [3.05, 3.63) is 0 Å². The Hall–Kier alpha value is 1.40. The van der Waals surface area contributed by atoms with Crippen molar-refractivity contribution in [2.45, 2.75) is 167 Å². The molecule has 2 aliphatic heterocycles. The maximum absolute atomic E-state index is 13.4. The number of alkyl halides is 1. The third-order valence-electron chi connectivity index (χ3n) is 20.8. The second-order valence-corrected chi connectivity index (χ2v) is 23.7. The van der Waals surface area contributed by atoms with Crippen LogP contribution in [0.4, 0.5) is 0 Å². The fourth-order valence-corrected chi connectivity index (χ4v) is 17.7. The fraction of sp³-hybridized carbons (Fsp3) is 0.962. The van der Waals surface area contributed by atoms with Gasteiger partial charge >= 0.3 is 55.6 Å². The van der Waals surface area contributed by atoms with Gasteiger partial charge in [0.15, 0.2) is 0 Å². The minimum atomic E-state index is -0.387. The first kappa shape index (κ1) is 55.7. The first-order valence-corrected chi connectivity index (χ1v) is 35.3. The van der Waals surface area contributed by atoms with Gasteiger partial charge in [0.2, 0.25) is 0 Å². The standard InChI is InChI=1S/C26H43NO3.C22H35BrO2.C4H9NO.2S.2W/c1-3-26(29)11-9-19-18(16-26)4-5-21-20(19)8-10-25(2)22(21)6-7-23(25)24(28)17-27-12-14-30-15-13-27;1-3-22(25)11-9-15-14(12-22)4-5-17-16(15)8-10-21(2)18(17)6-7-19(21)20(24)13-23;1-3-6-4-2-5-1;;;;/h18-23,29H,3-17H2,1-2H3;14-19,25H,3-13H2,1-2H3;5H,1-4H2;;;;/q;;;;;;-1/t18-,19-,20+,21+,22-,23+,25-,26+;14-,15-,16+,17+,18-,19+,21-,22+;;;;;/m00...../s1. The summed E-state index contributed by atoms with van der Waals surface area (Å²) in [4.78, 5) is 28.2. The van der Waals surface area contributed by atoms with E-state index < -0.39 is 0 Å². The van der Waals surface area contributed by atoms with Crippen molar-refractivity contribution in [1.82, 2.24) is 10.2 Å². The SMILES string of the molecule is C1COCCN1.CC[C@@]1(O)CC[C@H]2[C@@H](CC[C@@H]3[C@@H]2CC[C@]2(C)[C@@H](C(=O)CBr)CC[C@@H]32)C1.CC[C@@]1(O)CC[C@H]2[C@@H](CC[C@@H]3[C@@H]2CC[C@]2(C)[C@@H](C(=O)CN4CCOCC4)CC[C@@H]32)C1.[S]=[W-].[S]=[W]. The Morgan fingerprint density at radius 1 is 0.631 bits per heavy atom. The second kappa shape index (κ2) is 25.4. The number of rotatable bonds is 7. The molecule has 8 nitrogen and oxygen atoms in total. The van der Waals surface area contributed by atoms with Gasteiger partial charge in [-0.05, 0) is 198 Å². The number of fused-ring (bicyclic) bond motifs is 10. The van der Waals surface area contributed by atoms with Crippen LogP contribution in [-0.4, -0.2) is 102 Å². The van der Waals surface area contributed by atoms with Crippen LogP contribution in [-0.2, 0) is 55.1 Å². The number of carbonyl (C=O) groups is 2. The number of hydrogen-bond donors (Lipinski definition) is 3. The Morgan fingerprint density at radius 3 is 1.46 bits per heavy atom. The summed E-state index contributed by atoms with van der Waals surface area (Å²) < 4.78 is 10.5. The topological polar surface area (TPSA) is 108 Å². The molecule has 8 aliphatic carbocycles. The Bertz CT molecular complexity index is 1530. The normalized spacial score (nSPS) is 45.1. The van der Waals surface area contributed by atoms with Gasteiger partial charge in [0.25, 0.3) is 0 Å². The van der Waals surface area contributed by atoms with Crippen molar-refractivity contribution in [3.63, 3.8) is 0 Å². The molecule has 0 amide bonds. The zero-order valence-electron chi connectivity index (χ0n) is 40.6. The van der Waals surface area contributed by atoms with Gasteiger partial charge in [-0.3, -0.25) is 14.5 Å². The molecular formula is C52H87BrN2O6S2W2-. The molecule has 13 heteroatoms. The molecule has 3 N–H and O–H groups in total. The summed E-state index contributed by atoms with van der Waals surface area (Å²) in [7, 11) is 8.33. The van der Waals surface area contributed by atoms with Crippen LogP contribution in [0.2, 0.25) is 0 Å². The molecule has 10 aliphatic rings. The van der Waals surface area contributed by atoms with E-state index >= 15 is 0 Å². The van der Waals surface area contributed by atoms with Crippen LogP contribution in [0.5, 0.6) is 0 Å². The zero-order chi connectivity index (χ0) is 47.0. The van der Waals surface area contributed by atoms with Crippen LogP contribution in [0.15, 0.2) is 0 Å². The van der Waals surface area contributed by atoms with Crippen molar-refractivity contribution in [2.24, 2.45) is 81.8 Å². The molecule has 0 aromatic rings. The molecular weight excluding hydrogens is 1260 g/mol. The average Bonchev–Trinajstić information content (AvgIpc) is 3.90. The molecule has 0 radical (unpaired) electrons. The van der Waals surface area contributed by atoms with Gasteiger partial charge in [0, 0.05) is 38.0 Å². The maximum atomic E-state index is 13.4. The number of carbonyl (C=O) groups excluding carboxylic acids is 2. The fourth-order valence-electron chi connectivity index (χ4n) is 17.3. The number of morpholine rings is 2. The Labute approximate surface area is 432 Å². The molecule has 373 valence electrons. The zero-order valence-corrected chi connectivity index (χ0v) is 49.7. The van der Waals surface area contributed by atoms with Crippen LogP contribution in [0.3, 0.4) is 0 Å². The molecule has 0 unspecified atom stereocenters. The van der Waals surface area contributed by atoms with E-state index in [9.17, 15) is 19.8 Å². The minimum absolute atomic E-state index is 0.232. The first-order valence-electron chi connectivity index (χ1n) is 26.3. The molecule has 16 atom stereocenters. The monoisotopic (exact) mass is 1350 g/mol. The van der Waals surface area contributed by atoms with Crippen molar-refractivity contribution in [2.75, 3.05) is 64.5 Å². The summed E-state index contributed by atoms with van der Waals surface area (Å²) >= 11 is 5.76. The van der Waals surface area contributed by atoms with Crippen molar-refractivity contribution in [3.8, 4) is 0 Å². The van der Waals surface area contributed by atoms with E-state index in [-0.39, 0.29) is 27.9 Å². The second-order valence-electron chi connectivity index (χ2n) is 23.2. The van der Waals surface area contributed by atoms with Crippen LogP contribution >= 0.6 is 35.6 Å². The number of ketones is 2. The summed E-state index contributed by atoms with van der Waals surface area (Å²) in [5.41, 5.74) is -0.270. The molecule has 0 aromatic heterocycles. The summed E-state index contributed by atoms with van der Waals surface area (Å²) in [5, 5.41) is 25.4. The van der Waals surface area contributed by atoms with Crippen molar-refractivity contribution < 1.29 is 65.3 Å².